The summed E-state index contributed by atoms with van der Waals surface area (Å²) in [5, 5.41) is 5.41. The molecule has 1 aromatic rings. The van der Waals surface area contributed by atoms with Crippen LogP contribution in [0.5, 0.6) is 0 Å². The topological polar surface area (TPSA) is 41.3 Å². The van der Waals surface area contributed by atoms with Crippen molar-refractivity contribution in [1.29, 1.82) is 0 Å². The predicted molar refractivity (Wildman–Crippen MR) is 69.7 cm³/mol. The second kappa shape index (κ2) is 6.25. The Morgan fingerprint density at radius 3 is 2.56 bits per heavy atom. The SMILES string of the molecule is NSNC1CCN(Cc2ccccc2)CC1. The number of likely N-dealkylation sites (tertiary alicyclic amines) is 1. The number of nitrogens with one attached hydrogen (secondary N) is 1. The molecule has 1 saturated heterocycles. The summed E-state index contributed by atoms with van der Waals surface area (Å²) in [4.78, 5) is 2.51. The van der Waals surface area contributed by atoms with E-state index in [2.05, 4.69) is 40.0 Å². The maximum atomic E-state index is 5.41. The largest absolute Gasteiger partial charge is 0.299 e. The molecule has 0 spiro atoms. The molecular formula is C12H19N3S. The monoisotopic (exact) mass is 237 g/mol. The molecule has 0 radical (unpaired) electrons. The van der Waals surface area contributed by atoms with Gasteiger partial charge in [-0.2, -0.15) is 0 Å². The van der Waals surface area contributed by atoms with Crippen LogP contribution < -0.4 is 9.86 Å². The molecule has 0 atom stereocenters. The molecule has 3 nitrogen and oxygen atoms in total. The summed E-state index contributed by atoms with van der Waals surface area (Å²) < 4.78 is 3.24. The lowest BCUT2D eigenvalue weighted by Crippen LogP contribution is -2.40. The van der Waals surface area contributed by atoms with E-state index in [1.54, 1.807) is 0 Å². The predicted octanol–water partition coefficient (Wildman–Crippen LogP) is 1.76. The minimum Gasteiger partial charge on any atom is -0.299 e. The van der Waals surface area contributed by atoms with Crippen molar-refractivity contribution in [3.63, 3.8) is 0 Å². The van der Waals surface area contributed by atoms with Crippen LogP contribution in [0.15, 0.2) is 30.3 Å². The van der Waals surface area contributed by atoms with Crippen LogP contribution in [0.25, 0.3) is 0 Å². The second-order valence-electron chi connectivity index (χ2n) is 4.27. The Hall–Kier alpha value is -0.550. The zero-order chi connectivity index (χ0) is 11.2. The minimum atomic E-state index is 0.585. The quantitative estimate of drug-likeness (QED) is 0.783. The fourth-order valence-corrected chi connectivity index (χ4v) is 2.57. The Balaban J connectivity index is 1.77. The molecular weight excluding hydrogens is 218 g/mol. The van der Waals surface area contributed by atoms with Crippen molar-refractivity contribution in [2.45, 2.75) is 25.4 Å². The van der Waals surface area contributed by atoms with Crippen molar-refractivity contribution < 1.29 is 0 Å². The molecule has 0 aromatic heterocycles. The van der Waals surface area contributed by atoms with Crippen LogP contribution in [0, 0.1) is 0 Å². The molecule has 3 N–H and O–H groups in total. The Labute approximate surface area is 102 Å². The van der Waals surface area contributed by atoms with Gasteiger partial charge in [-0.3, -0.25) is 10.0 Å². The number of rotatable bonds is 4. The van der Waals surface area contributed by atoms with Gasteiger partial charge in [0.15, 0.2) is 0 Å². The fourth-order valence-electron chi connectivity index (χ4n) is 2.15. The number of nitrogens with zero attached hydrogens (tertiary/aromatic N) is 1. The van der Waals surface area contributed by atoms with Crippen LogP contribution in [0.3, 0.4) is 0 Å². The van der Waals surface area contributed by atoms with Crippen molar-refractivity contribution >= 4 is 12.1 Å². The van der Waals surface area contributed by atoms with E-state index in [1.807, 2.05) is 0 Å². The normalized spacial score (nSPS) is 18.8. The van der Waals surface area contributed by atoms with Crippen molar-refractivity contribution in [3.8, 4) is 0 Å². The van der Waals surface area contributed by atoms with Crippen LogP contribution in [0.2, 0.25) is 0 Å². The third-order valence-electron chi connectivity index (χ3n) is 3.07. The number of hydrogen-bond acceptors (Lipinski definition) is 4. The molecule has 0 aliphatic carbocycles. The van der Waals surface area contributed by atoms with E-state index in [9.17, 15) is 0 Å². The van der Waals surface area contributed by atoms with Crippen molar-refractivity contribution in [3.05, 3.63) is 35.9 Å². The van der Waals surface area contributed by atoms with Gasteiger partial charge >= 0.3 is 0 Å². The van der Waals surface area contributed by atoms with Gasteiger partial charge in [0.2, 0.25) is 0 Å². The van der Waals surface area contributed by atoms with Crippen LogP contribution in [0.1, 0.15) is 18.4 Å². The maximum absolute atomic E-state index is 5.41. The van der Waals surface area contributed by atoms with E-state index in [1.165, 1.54) is 30.5 Å². The lowest BCUT2D eigenvalue weighted by molar-refractivity contribution is 0.201. The van der Waals surface area contributed by atoms with Gasteiger partial charge in [0.25, 0.3) is 0 Å². The molecule has 0 bridgehead atoms. The van der Waals surface area contributed by atoms with Crippen LogP contribution >= 0.6 is 12.1 Å². The van der Waals surface area contributed by atoms with E-state index < -0.39 is 0 Å². The van der Waals surface area contributed by atoms with Gasteiger partial charge < -0.3 is 0 Å². The smallest absolute Gasteiger partial charge is 0.0233 e. The number of benzene rings is 1. The van der Waals surface area contributed by atoms with Crippen LogP contribution in [-0.4, -0.2) is 24.0 Å². The summed E-state index contributed by atoms with van der Waals surface area (Å²) >= 11 is 1.24. The first kappa shape index (κ1) is 11.9. The molecule has 16 heavy (non-hydrogen) atoms. The third kappa shape index (κ3) is 3.49. The molecule has 2 rings (SSSR count). The van der Waals surface area contributed by atoms with E-state index in [4.69, 9.17) is 5.14 Å². The number of piperidine rings is 1. The average molecular weight is 237 g/mol. The third-order valence-corrected chi connectivity index (χ3v) is 3.54. The zero-order valence-corrected chi connectivity index (χ0v) is 10.2. The van der Waals surface area contributed by atoms with Crippen molar-refractivity contribution in [2.75, 3.05) is 13.1 Å². The van der Waals surface area contributed by atoms with Gasteiger partial charge in [0.05, 0.1) is 0 Å². The molecule has 1 aliphatic heterocycles. The summed E-state index contributed by atoms with van der Waals surface area (Å²) in [6.45, 7) is 3.39. The Kier molecular flexibility index (Phi) is 4.66. The Morgan fingerprint density at radius 2 is 1.94 bits per heavy atom. The molecule has 0 unspecified atom stereocenters. The van der Waals surface area contributed by atoms with Gasteiger partial charge in [0.1, 0.15) is 0 Å². The molecule has 0 saturated carbocycles. The second-order valence-corrected chi connectivity index (χ2v) is 4.74. The minimum absolute atomic E-state index is 0.585. The van der Waals surface area contributed by atoms with Gasteiger partial charge in [-0.15, -0.1) is 0 Å². The first-order valence-corrected chi connectivity index (χ1v) is 6.64. The maximum Gasteiger partial charge on any atom is 0.0233 e. The highest BCUT2D eigenvalue weighted by Gasteiger charge is 2.18. The van der Waals surface area contributed by atoms with Gasteiger partial charge in [0, 0.05) is 24.7 Å². The van der Waals surface area contributed by atoms with E-state index in [0.29, 0.717) is 6.04 Å². The van der Waals surface area contributed by atoms with E-state index >= 15 is 0 Å². The standard InChI is InChI=1S/C12H19N3S/c13-16-14-12-6-8-15(9-7-12)10-11-4-2-1-3-5-11/h1-5,12,14H,6-10,13H2. The summed E-state index contributed by atoms with van der Waals surface area (Å²) in [7, 11) is 0. The summed E-state index contributed by atoms with van der Waals surface area (Å²) in [5.74, 6) is 0. The Morgan fingerprint density at radius 1 is 1.25 bits per heavy atom. The van der Waals surface area contributed by atoms with Crippen LogP contribution in [-0.2, 0) is 6.54 Å². The fraction of sp³-hybridized carbons (Fsp3) is 0.500. The van der Waals surface area contributed by atoms with Gasteiger partial charge in [-0.1, -0.05) is 30.3 Å². The first-order valence-electron chi connectivity index (χ1n) is 5.76. The van der Waals surface area contributed by atoms with Crippen molar-refractivity contribution in [1.82, 2.24) is 9.62 Å². The van der Waals surface area contributed by atoms with Crippen LogP contribution in [0.4, 0.5) is 0 Å². The summed E-state index contributed by atoms with van der Waals surface area (Å²) in [5.41, 5.74) is 1.40. The van der Waals surface area contributed by atoms with Gasteiger partial charge in [-0.05, 0) is 31.5 Å². The Bertz CT molecular complexity index is 296. The lowest BCUT2D eigenvalue weighted by Gasteiger charge is -2.31. The van der Waals surface area contributed by atoms with Crippen molar-refractivity contribution in [2.24, 2.45) is 5.14 Å². The zero-order valence-electron chi connectivity index (χ0n) is 9.43. The molecule has 88 valence electrons. The molecule has 0 amide bonds. The van der Waals surface area contributed by atoms with E-state index in [-0.39, 0.29) is 0 Å². The highest BCUT2D eigenvalue weighted by Crippen LogP contribution is 2.14. The molecule has 1 heterocycles. The lowest BCUT2D eigenvalue weighted by atomic mass is 10.1. The summed E-state index contributed by atoms with van der Waals surface area (Å²) in [6.07, 6.45) is 2.38. The van der Waals surface area contributed by atoms with Gasteiger partial charge in [-0.25, -0.2) is 4.72 Å². The highest BCUT2D eigenvalue weighted by molar-refractivity contribution is 7.95. The number of hydrogen-bond donors (Lipinski definition) is 2. The number of nitrogens with two attached hydrogens (primary N) is 1. The first-order chi connectivity index (χ1) is 7.88. The molecule has 1 fully saturated rings. The molecule has 1 aromatic carbocycles. The summed E-state index contributed by atoms with van der Waals surface area (Å²) in [6, 6.07) is 11.3. The average Bonchev–Trinajstić information content (AvgIpc) is 2.33. The van der Waals surface area contributed by atoms with E-state index in [0.717, 1.165) is 19.6 Å². The highest BCUT2D eigenvalue weighted by atomic mass is 32.2. The molecule has 4 heteroatoms. The molecule has 1 aliphatic rings.